The summed E-state index contributed by atoms with van der Waals surface area (Å²) in [4.78, 5) is 26.4. The van der Waals surface area contributed by atoms with Crippen LogP contribution in [0.5, 0.6) is 0 Å². The Morgan fingerprint density at radius 1 is 1.06 bits per heavy atom. The van der Waals surface area contributed by atoms with Crippen molar-refractivity contribution in [2.45, 2.75) is 31.7 Å². The van der Waals surface area contributed by atoms with Gasteiger partial charge in [-0.3, -0.25) is 4.79 Å². The molecule has 0 saturated carbocycles. The predicted octanol–water partition coefficient (Wildman–Crippen LogP) is 4.18. The van der Waals surface area contributed by atoms with Crippen LogP contribution in [0.4, 0.5) is 17.3 Å². The van der Waals surface area contributed by atoms with Gasteiger partial charge in [-0.25, -0.2) is 9.97 Å². The van der Waals surface area contributed by atoms with E-state index >= 15 is 0 Å². The second kappa shape index (κ2) is 10.8. The largest absolute Gasteiger partial charge is 0.370 e. The fraction of sp³-hybridized carbons (Fsp3) is 0.357. The van der Waals surface area contributed by atoms with Crippen LogP contribution < -0.4 is 15.5 Å². The van der Waals surface area contributed by atoms with Gasteiger partial charge in [0.05, 0.1) is 16.9 Å². The number of amides is 1. The highest BCUT2D eigenvalue weighted by molar-refractivity contribution is 5.95. The normalized spacial score (nSPS) is 16.5. The van der Waals surface area contributed by atoms with Gasteiger partial charge in [-0.05, 0) is 82.2 Å². The van der Waals surface area contributed by atoms with Crippen molar-refractivity contribution < 1.29 is 4.79 Å². The number of piperidine rings is 1. The highest BCUT2D eigenvalue weighted by Gasteiger charge is 2.20. The first-order valence-electron chi connectivity index (χ1n) is 12.6. The summed E-state index contributed by atoms with van der Waals surface area (Å²) in [6.45, 7) is 3.98. The molecule has 5 rings (SSSR count). The molecule has 3 aromatic rings. The van der Waals surface area contributed by atoms with E-state index in [-0.39, 0.29) is 11.9 Å². The Bertz CT molecular complexity index is 1270. The Balaban J connectivity index is 1.29. The number of hydrogen-bond donors (Lipinski definition) is 2. The average Bonchev–Trinajstić information content (AvgIpc) is 3.45. The molecule has 8 heteroatoms. The molecule has 8 nitrogen and oxygen atoms in total. The number of nitrogens with one attached hydrogen (secondary N) is 2. The number of likely N-dealkylation sites (tertiary alicyclic amines) is 1. The third-order valence-corrected chi connectivity index (χ3v) is 6.95. The van der Waals surface area contributed by atoms with Gasteiger partial charge in [0.2, 0.25) is 5.95 Å². The lowest BCUT2D eigenvalue weighted by Crippen LogP contribution is -2.43. The number of benzene rings is 2. The monoisotopic (exact) mass is 481 g/mol. The molecule has 0 unspecified atom stereocenters. The van der Waals surface area contributed by atoms with Crippen LogP contribution in [0.15, 0.2) is 54.7 Å². The zero-order chi connectivity index (χ0) is 24.9. The number of nitrogens with zero attached hydrogens (tertiary/aromatic N) is 5. The molecule has 1 amide bonds. The highest BCUT2D eigenvalue weighted by atomic mass is 16.1. The second-order valence-corrected chi connectivity index (χ2v) is 9.56. The summed E-state index contributed by atoms with van der Waals surface area (Å²) < 4.78 is 0. The van der Waals surface area contributed by atoms with Crippen LogP contribution in [0.3, 0.4) is 0 Å². The van der Waals surface area contributed by atoms with Crippen LogP contribution in [0.2, 0.25) is 0 Å². The Kier molecular flexibility index (Phi) is 7.10. The lowest BCUT2D eigenvalue weighted by molar-refractivity contribution is 0.0917. The van der Waals surface area contributed by atoms with Crippen molar-refractivity contribution in [3.05, 3.63) is 65.9 Å². The molecule has 3 heterocycles. The minimum atomic E-state index is -0.0648. The van der Waals surface area contributed by atoms with E-state index in [1.807, 2.05) is 48.5 Å². The van der Waals surface area contributed by atoms with E-state index in [1.54, 1.807) is 6.20 Å². The maximum Gasteiger partial charge on any atom is 0.251 e. The molecule has 2 aliphatic heterocycles. The summed E-state index contributed by atoms with van der Waals surface area (Å²) >= 11 is 0. The summed E-state index contributed by atoms with van der Waals surface area (Å²) in [7, 11) is 2.11. The van der Waals surface area contributed by atoms with Gasteiger partial charge in [0.1, 0.15) is 6.07 Å². The lowest BCUT2D eigenvalue weighted by Gasteiger charge is -2.29. The second-order valence-electron chi connectivity index (χ2n) is 9.56. The van der Waals surface area contributed by atoms with Crippen LogP contribution in [0, 0.1) is 11.3 Å². The lowest BCUT2D eigenvalue weighted by atomic mass is 10.0. The molecule has 184 valence electrons. The van der Waals surface area contributed by atoms with Crippen molar-refractivity contribution in [1.29, 1.82) is 5.26 Å². The van der Waals surface area contributed by atoms with E-state index in [1.165, 1.54) is 0 Å². The zero-order valence-electron chi connectivity index (χ0n) is 20.6. The van der Waals surface area contributed by atoms with E-state index in [4.69, 9.17) is 0 Å². The van der Waals surface area contributed by atoms with Crippen molar-refractivity contribution >= 4 is 23.2 Å². The topological polar surface area (TPSA) is 97.2 Å². The summed E-state index contributed by atoms with van der Waals surface area (Å²) in [5.74, 6) is 0.368. The first-order valence-corrected chi connectivity index (χ1v) is 12.6. The maximum atomic E-state index is 12.8. The molecule has 0 bridgehead atoms. The first kappa shape index (κ1) is 23.8. The van der Waals surface area contributed by atoms with Gasteiger partial charge in [-0.1, -0.05) is 12.1 Å². The van der Waals surface area contributed by atoms with Crippen LogP contribution in [0.1, 0.15) is 41.6 Å². The molecular formula is C28H31N7O. The van der Waals surface area contributed by atoms with Gasteiger partial charge in [-0.15, -0.1) is 0 Å². The molecule has 2 aliphatic rings. The summed E-state index contributed by atoms with van der Waals surface area (Å²) in [6.07, 6.45) is 5.95. The molecule has 0 atom stereocenters. The third-order valence-electron chi connectivity index (χ3n) is 6.95. The number of rotatable bonds is 6. The number of carbonyl (C=O) groups is 1. The summed E-state index contributed by atoms with van der Waals surface area (Å²) in [6, 6.07) is 17.7. The van der Waals surface area contributed by atoms with Crippen molar-refractivity contribution in [2.24, 2.45) is 0 Å². The Morgan fingerprint density at radius 3 is 2.64 bits per heavy atom. The Hall–Kier alpha value is -3.96. The van der Waals surface area contributed by atoms with E-state index < -0.39 is 0 Å². The van der Waals surface area contributed by atoms with E-state index in [0.29, 0.717) is 17.1 Å². The number of nitriles is 1. The summed E-state index contributed by atoms with van der Waals surface area (Å²) in [5.41, 5.74) is 4.59. The molecule has 2 aromatic carbocycles. The predicted molar refractivity (Wildman–Crippen MR) is 141 cm³/mol. The average molecular weight is 482 g/mol. The molecule has 2 saturated heterocycles. The third kappa shape index (κ3) is 5.47. The van der Waals surface area contributed by atoms with Gasteiger partial charge >= 0.3 is 0 Å². The number of carbonyl (C=O) groups excluding carboxylic acids is 1. The molecule has 36 heavy (non-hydrogen) atoms. The minimum absolute atomic E-state index is 0.0648. The van der Waals surface area contributed by atoms with Crippen LogP contribution in [-0.2, 0) is 0 Å². The number of anilines is 3. The molecule has 0 spiro atoms. The smallest absolute Gasteiger partial charge is 0.251 e. The van der Waals surface area contributed by atoms with Gasteiger partial charge < -0.3 is 20.4 Å². The van der Waals surface area contributed by atoms with Crippen molar-refractivity contribution in [2.75, 3.05) is 43.4 Å². The van der Waals surface area contributed by atoms with Gasteiger partial charge in [0, 0.05) is 42.1 Å². The Labute approximate surface area is 212 Å². The summed E-state index contributed by atoms with van der Waals surface area (Å²) in [5, 5.41) is 16.1. The SMILES string of the molecule is CN1CCC(NC(=O)c2cccc(Nc3nccc(-c4ccc(N5CCCC5)c(C#N)c4)n3)c2)CC1. The molecule has 0 radical (unpaired) electrons. The Morgan fingerprint density at radius 2 is 1.86 bits per heavy atom. The van der Waals surface area contributed by atoms with Crippen LogP contribution in [0.25, 0.3) is 11.3 Å². The fourth-order valence-corrected chi connectivity index (χ4v) is 4.89. The van der Waals surface area contributed by atoms with E-state index in [0.717, 1.165) is 74.5 Å². The molecular weight excluding hydrogens is 450 g/mol. The van der Waals surface area contributed by atoms with Crippen molar-refractivity contribution in [3.63, 3.8) is 0 Å². The first-order chi connectivity index (χ1) is 17.6. The quantitative estimate of drug-likeness (QED) is 0.545. The van der Waals surface area contributed by atoms with Crippen LogP contribution in [-0.4, -0.2) is 60.0 Å². The zero-order valence-corrected chi connectivity index (χ0v) is 20.6. The van der Waals surface area contributed by atoms with E-state index in [2.05, 4.69) is 43.5 Å². The minimum Gasteiger partial charge on any atom is -0.370 e. The fourth-order valence-electron chi connectivity index (χ4n) is 4.89. The highest BCUT2D eigenvalue weighted by Crippen LogP contribution is 2.29. The molecule has 2 fully saturated rings. The van der Waals surface area contributed by atoms with Gasteiger partial charge in [0.25, 0.3) is 5.91 Å². The van der Waals surface area contributed by atoms with E-state index in [9.17, 15) is 10.1 Å². The number of aromatic nitrogens is 2. The molecule has 1 aromatic heterocycles. The van der Waals surface area contributed by atoms with Crippen LogP contribution >= 0.6 is 0 Å². The number of hydrogen-bond acceptors (Lipinski definition) is 7. The maximum absolute atomic E-state index is 12.8. The van der Waals surface area contributed by atoms with Gasteiger partial charge in [-0.2, -0.15) is 5.26 Å². The molecule has 0 aliphatic carbocycles. The molecule has 2 N–H and O–H groups in total. The van der Waals surface area contributed by atoms with Gasteiger partial charge in [0.15, 0.2) is 0 Å². The van der Waals surface area contributed by atoms with Crippen molar-refractivity contribution in [1.82, 2.24) is 20.2 Å². The standard InChI is InChI=1S/C28H31N7O/c1-34-15-10-23(11-16-34)31-27(36)21-5-4-6-24(18-21)32-28-30-12-9-25(33-28)20-7-8-26(22(17-20)19-29)35-13-2-3-14-35/h4-9,12,17-18,23H,2-3,10-11,13-16H2,1H3,(H,31,36)(H,30,32,33). The van der Waals surface area contributed by atoms with Crippen molar-refractivity contribution in [3.8, 4) is 17.3 Å².